The third-order valence-electron chi connectivity index (χ3n) is 4.77. The summed E-state index contributed by atoms with van der Waals surface area (Å²) < 4.78 is 13.0. The smallest absolute Gasteiger partial charge is 0.255 e. The van der Waals surface area contributed by atoms with Gasteiger partial charge in [-0.3, -0.25) is 9.78 Å². The number of hydrogen-bond donors (Lipinski definition) is 0. The van der Waals surface area contributed by atoms with E-state index in [2.05, 4.69) is 4.98 Å². The number of rotatable bonds is 3. The number of benzene rings is 1. The SMILES string of the molecule is Cc1ccc(C(=O)N2CC(c3ccc(F)cc3)C2)c(C2CC2)n1. The number of nitrogens with zero attached hydrogens (tertiary/aromatic N) is 2. The van der Waals surface area contributed by atoms with Crippen LogP contribution in [0.25, 0.3) is 0 Å². The lowest BCUT2D eigenvalue weighted by Crippen LogP contribution is -2.48. The van der Waals surface area contributed by atoms with E-state index in [1.165, 1.54) is 12.1 Å². The molecule has 4 heteroatoms. The molecule has 1 aliphatic carbocycles. The number of pyridine rings is 1. The summed E-state index contributed by atoms with van der Waals surface area (Å²) >= 11 is 0. The van der Waals surface area contributed by atoms with Crippen molar-refractivity contribution < 1.29 is 9.18 Å². The molecule has 0 radical (unpaired) electrons. The van der Waals surface area contributed by atoms with E-state index < -0.39 is 0 Å². The van der Waals surface area contributed by atoms with Gasteiger partial charge in [-0.15, -0.1) is 0 Å². The van der Waals surface area contributed by atoms with E-state index in [0.29, 0.717) is 24.9 Å². The quantitative estimate of drug-likeness (QED) is 0.867. The van der Waals surface area contributed by atoms with E-state index in [0.717, 1.165) is 35.4 Å². The molecule has 3 nitrogen and oxygen atoms in total. The van der Waals surface area contributed by atoms with Gasteiger partial charge in [0.05, 0.1) is 11.3 Å². The van der Waals surface area contributed by atoms with E-state index in [9.17, 15) is 9.18 Å². The normalized spacial score (nSPS) is 17.9. The molecule has 2 fully saturated rings. The largest absolute Gasteiger partial charge is 0.337 e. The number of amides is 1. The monoisotopic (exact) mass is 310 g/mol. The first-order valence-electron chi connectivity index (χ1n) is 8.14. The molecular formula is C19H19FN2O. The molecule has 2 aromatic rings. The molecule has 1 saturated carbocycles. The van der Waals surface area contributed by atoms with Crippen LogP contribution in [-0.2, 0) is 0 Å². The molecule has 118 valence electrons. The van der Waals surface area contributed by atoms with Crippen LogP contribution in [0, 0.1) is 12.7 Å². The molecule has 0 unspecified atom stereocenters. The molecule has 0 N–H and O–H groups in total. The van der Waals surface area contributed by atoms with Gasteiger partial charge in [0.2, 0.25) is 0 Å². The molecular weight excluding hydrogens is 291 g/mol. The van der Waals surface area contributed by atoms with Gasteiger partial charge in [0.1, 0.15) is 5.82 Å². The van der Waals surface area contributed by atoms with Crippen LogP contribution in [-0.4, -0.2) is 28.9 Å². The first-order valence-corrected chi connectivity index (χ1v) is 8.14. The van der Waals surface area contributed by atoms with Crippen molar-refractivity contribution in [2.75, 3.05) is 13.1 Å². The second-order valence-electron chi connectivity index (χ2n) is 6.62. The van der Waals surface area contributed by atoms with E-state index in [-0.39, 0.29) is 11.7 Å². The van der Waals surface area contributed by atoms with Crippen molar-refractivity contribution >= 4 is 5.91 Å². The summed E-state index contributed by atoms with van der Waals surface area (Å²) in [6, 6.07) is 10.4. The molecule has 1 aliphatic heterocycles. The summed E-state index contributed by atoms with van der Waals surface area (Å²) in [7, 11) is 0. The fourth-order valence-electron chi connectivity index (χ4n) is 3.19. The van der Waals surface area contributed by atoms with Crippen molar-refractivity contribution in [1.29, 1.82) is 0 Å². The summed E-state index contributed by atoms with van der Waals surface area (Å²) in [4.78, 5) is 19.2. The van der Waals surface area contributed by atoms with E-state index in [4.69, 9.17) is 0 Å². The minimum Gasteiger partial charge on any atom is -0.337 e. The lowest BCUT2D eigenvalue weighted by atomic mass is 9.90. The molecule has 2 heterocycles. The maximum Gasteiger partial charge on any atom is 0.255 e. The number of likely N-dealkylation sites (tertiary alicyclic amines) is 1. The predicted octanol–water partition coefficient (Wildman–Crippen LogP) is 3.65. The maximum absolute atomic E-state index is 13.0. The number of carbonyl (C=O) groups excluding carboxylic acids is 1. The fourth-order valence-corrected chi connectivity index (χ4v) is 3.19. The number of aromatic nitrogens is 1. The van der Waals surface area contributed by atoms with Crippen LogP contribution in [0.4, 0.5) is 4.39 Å². The second-order valence-corrected chi connectivity index (χ2v) is 6.62. The number of hydrogen-bond acceptors (Lipinski definition) is 2. The van der Waals surface area contributed by atoms with Crippen LogP contribution < -0.4 is 0 Å². The van der Waals surface area contributed by atoms with Crippen molar-refractivity contribution in [1.82, 2.24) is 9.88 Å². The van der Waals surface area contributed by atoms with Gasteiger partial charge in [0.15, 0.2) is 0 Å². The predicted molar refractivity (Wildman–Crippen MR) is 86.0 cm³/mol. The van der Waals surface area contributed by atoms with Crippen LogP contribution in [0.1, 0.15) is 52.0 Å². The highest BCUT2D eigenvalue weighted by molar-refractivity contribution is 5.96. The maximum atomic E-state index is 13.0. The summed E-state index contributed by atoms with van der Waals surface area (Å²) in [5.74, 6) is 0.629. The van der Waals surface area contributed by atoms with Crippen LogP contribution in [0.2, 0.25) is 0 Å². The van der Waals surface area contributed by atoms with E-state index in [1.807, 2.05) is 36.1 Å². The average molecular weight is 310 g/mol. The molecule has 1 aromatic carbocycles. The van der Waals surface area contributed by atoms with Gasteiger partial charge in [-0.2, -0.15) is 0 Å². The van der Waals surface area contributed by atoms with Crippen molar-refractivity contribution in [3.63, 3.8) is 0 Å². The Hall–Kier alpha value is -2.23. The Morgan fingerprint density at radius 1 is 1.09 bits per heavy atom. The molecule has 0 atom stereocenters. The Labute approximate surface area is 135 Å². The topological polar surface area (TPSA) is 33.2 Å². The molecule has 1 amide bonds. The zero-order chi connectivity index (χ0) is 16.0. The van der Waals surface area contributed by atoms with Gasteiger partial charge < -0.3 is 4.90 Å². The van der Waals surface area contributed by atoms with Crippen molar-refractivity contribution in [2.24, 2.45) is 0 Å². The van der Waals surface area contributed by atoms with Crippen molar-refractivity contribution in [2.45, 2.75) is 31.6 Å². The van der Waals surface area contributed by atoms with Crippen LogP contribution >= 0.6 is 0 Å². The van der Waals surface area contributed by atoms with E-state index in [1.54, 1.807) is 0 Å². The first kappa shape index (κ1) is 14.4. The van der Waals surface area contributed by atoms with Gasteiger partial charge in [0.25, 0.3) is 5.91 Å². The van der Waals surface area contributed by atoms with Gasteiger partial charge in [0, 0.05) is 30.6 Å². The lowest BCUT2D eigenvalue weighted by Gasteiger charge is -2.40. The molecule has 2 aliphatic rings. The second kappa shape index (κ2) is 5.44. The number of carbonyl (C=O) groups is 1. The van der Waals surface area contributed by atoms with Crippen LogP contribution in [0.3, 0.4) is 0 Å². The Balaban J connectivity index is 1.48. The van der Waals surface area contributed by atoms with Gasteiger partial charge in [-0.25, -0.2) is 4.39 Å². The van der Waals surface area contributed by atoms with Gasteiger partial charge in [-0.1, -0.05) is 12.1 Å². The van der Waals surface area contributed by atoms with Crippen LogP contribution in [0.15, 0.2) is 36.4 Å². The summed E-state index contributed by atoms with van der Waals surface area (Å²) in [5, 5.41) is 0. The first-order chi connectivity index (χ1) is 11.1. The average Bonchev–Trinajstić information content (AvgIpc) is 3.32. The third-order valence-corrected chi connectivity index (χ3v) is 4.77. The molecule has 1 aromatic heterocycles. The van der Waals surface area contributed by atoms with Crippen molar-refractivity contribution in [3.8, 4) is 0 Å². The van der Waals surface area contributed by atoms with Gasteiger partial charge in [-0.05, 0) is 49.6 Å². The highest BCUT2D eigenvalue weighted by Gasteiger charge is 2.36. The summed E-state index contributed by atoms with van der Waals surface area (Å²) in [5.41, 5.74) is 3.80. The van der Waals surface area contributed by atoms with Gasteiger partial charge >= 0.3 is 0 Å². The van der Waals surface area contributed by atoms with Crippen molar-refractivity contribution in [3.05, 3.63) is 64.7 Å². The molecule has 0 spiro atoms. The van der Waals surface area contributed by atoms with Crippen LogP contribution in [0.5, 0.6) is 0 Å². The minimum atomic E-state index is -0.221. The fraction of sp³-hybridized carbons (Fsp3) is 0.368. The summed E-state index contributed by atoms with van der Waals surface area (Å²) in [6.07, 6.45) is 2.27. The minimum absolute atomic E-state index is 0.0813. The highest BCUT2D eigenvalue weighted by atomic mass is 19.1. The Morgan fingerprint density at radius 2 is 1.78 bits per heavy atom. The Morgan fingerprint density at radius 3 is 2.43 bits per heavy atom. The van der Waals surface area contributed by atoms with E-state index >= 15 is 0 Å². The zero-order valence-corrected chi connectivity index (χ0v) is 13.1. The zero-order valence-electron chi connectivity index (χ0n) is 13.1. The number of aryl methyl sites for hydroxylation is 1. The highest BCUT2D eigenvalue weighted by Crippen LogP contribution is 2.41. The Bertz CT molecular complexity index is 746. The Kier molecular flexibility index (Phi) is 3.40. The lowest BCUT2D eigenvalue weighted by molar-refractivity contribution is 0.0600. The number of halogens is 1. The molecule has 23 heavy (non-hydrogen) atoms. The molecule has 1 saturated heterocycles. The molecule has 0 bridgehead atoms. The standard InChI is InChI=1S/C19H19FN2O/c1-12-2-9-17(18(21-12)14-3-4-14)19(23)22-10-15(11-22)13-5-7-16(20)8-6-13/h2,5-9,14-15H,3-4,10-11H2,1H3. The summed E-state index contributed by atoms with van der Waals surface area (Å²) in [6.45, 7) is 3.36. The third kappa shape index (κ3) is 2.74. The molecule has 4 rings (SSSR count).